The highest BCUT2D eigenvalue weighted by Crippen LogP contribution is 2.35. The van der Waals surface area contributed by atoms with Gasteiger partial charge in [0, 0.05) is 68.8 Å². The zero-order valence-corrected chi connectivity index (χ0v) is 29.4. The number of rotatable bonds is 12. The highest BCUT2D eigenvalue weighted by Gasteiger charge is 2.14. The molecule has 1 atom stereocenters. The fraction of sp³-hybridized carbons (Fsp3) is 0.244. The first-order valence-corrected chi connectivity index (χ1v) is 17.6. The van der Waals surface area contributed by atoms with Gasteiger partial charge in [-0.3, -0.25) is 0 Å². The lowest BCUT2D eigenvalue weighted by molar-refractivity contribution is 0.232. The number of hydrogen-bond acceptors (Lipinski definition) is 2. The van der Waals surface area contributed by atoms with Crippen LogP contribution in [0, 0.1) is 5.92 Å². The van der Waals surface area contributed by atoms with E-state index in [0.717, 1.165) is 40.2 Å². The Morgan fingerprint density at radius 3 is 1.63 bits per heavy atom. The number of benzene rings is 5. The van der Waals surface area contributed by atoms with Crippen LogP contribution in [-0.4, -0.2) is 22.9 Å². The van der Waals surface area contributed by atoms with Gasteiger partial charge in [-0.25, -0.2) is 0 Å². The summed E-state index contributed by atoms with van der Waals surface area (Å²) in [6.45, 7) is 5.22. The number of para-hydroxylation sites is 2. The van der Waals surface area contributed by atoms with Crippen LogP contribution in [0.15, 0.2) is 97.1 Å². The van der Waals surface area contributed by atoms with E-state index in [4.69, 9.17) is 9.47 Å². The van der Waals surface area contributed by atoms with Gasteiger partial charge >= 0.3 is 0 Å². The number of ether oxygens (including phenoxy) is 2. The van der Waals surface area contributed by atoms with Gasteiger partial charge in [0.25, 0.3) is 0 Å². The van der Waals surface area contributed by atoms with Crippen LogP contribution >= 0.6 is 0 Å². The summed E-state index contributed by atoms with van der Waals surface area (Å²) in [6.07, 6.45) is 13.4. The summed E-state index contributed by atoms with van der Waals surface area (Å²) in [4.78, 5) is 0. The Labute approximate surface area is 289 Å². The molecule has 0 saturated carbocycles. The standard InChI is InChI=1S/C45H46N2O2/c1-6-8-13-31(7-2)30-49-45-29-34(22-18-32-20-24-38-36-14-9-11-16-40(36)46(3)42(38)26-32)44(48-5)28-35(45)23-19-33-21-25-39-37-15-10-12-17-41(37)47(4)43(39)27-33/h9-12,14-29,31H,6-8,13,30H2,1-5H3/b22-18+,23-19+. The first-order valence-electron chi connectivity index (χ1n) is 17.6. The minimum Gasteiger partial charge on any atom is -0.496 e. The van der Waals surface area contributed by atoms with E-state index < -0.39 is 0 Å². The molecule has 248 valence electrons. The van der Waals surface area contributed by atoms with Gasteiger partial charge in [0.15, 0.2) is 0 Å². The summed E-state index contributed by atoms with van der Waals surface area (Å²) < 4.78 is 17.2. The highest BCUT2D eigenvalue weighted by atomic mass is 16.5. The van der Waals surface area contributed by atoms with Gasteiger partial charge in [0.2, 0.25) is 0 Å². The summed E-state index contributed by atoms with van der Waals surface area (Å²) >= 11 is 0. The molecule has 0 aliphatic heterocycles. The molecule has 5 aromatic carbocycles. The molecule has 0 saturated heterocycles. The molecule has 0 aliphatic carbocycles. The maximum Gasteiger partial charge on any atom is 0.127 e. The largest absolute Gasteiger partial charge is 0.496 e. The summed E-state index contributed by atoms with van der Waals surface area (Å²) in [7, 11) is 6.03. The molecule has 0 N–H and O–H groups in total. The molecule has 0 bridgehead atoms. The smallest absolute Gasteiger partial charge is 0.127 e. The van der Waals surface area contributed by atoms with E-state index in [1.165, 1.54) is 62.9 Å². The maximum atomic E-state index is 6.66. The molecule has 2 heterocycles. The molecule has 7 aromatic rings. The second-order valence-corrected chi connectivity index (χ2v) is 13.2. The number of aryl methyl sites for hydroxylation is 2. The molecule has 2 aromatic heterocycles. The number of unbranched alkanes of at least 4 members (excludes halogenated alkanes) is 1. The minimum absolute atomic E-state index is 0.527. The van der Waals surface area contributed by atoms with Crippen molar-refractivity contribution in [3.63, 3.8) is 0 Å². The lowest BCUT2D eigenvalue weighted by Crippen LogP contribution is -2.12. The zero-order valence-electron chi connectivity index (χ0n) is 29.4. The van der Waals surface area contributed by atoms with Gasteiger partial charge in [-0.2, -0.15) is 0 Å². The molecule has 0 spiro atoms. The first-order chi connectivity index (χ1) is 24.0. The van der Waals surface area contributed by atoms with Crippen molar-refractivity contribution in [3.05, 3.63) is 119 Å². The van der Waals surface area contributed by atoms with E-state index in [1.807, 2.05) is 0 Å². The maximum absolute atomic E-state index is 6.66. The topological polar surface area (TPSA) is 28.3 Å². The average Bonchev–Trinajstić information content (AvgIpc) is 3.59. The molecule has 4 nitrogen and oxygen atoms in total. The van der Waals surface area contributed by atoms with Gasteiger partial charge in [-0.05, 0) is 59.9 Å². The van der Waals surface area contributed by atoms with Crippen molar-refractivity contribution in [2.24, 2.45) is 20.0 Å². The minimum atomic E-state index is 0.527. The molecular formula is C45H46N2O2. The Balaban J connectivity index is 1.23. The van der Waals surface area contributed by atoms with Gasteiger partial charge in [0.1, 0.15) is 11.5 Å². The van der Waals surface area contributed by atoms with E-state index in [1.54, 1.807) is 7.11 Å². The normalized spacial score (nSPS) is 12.8. The van der Waals surface area contributed by atoms with Crippen molar-refractivity contribution in [1.82, 2.24) is 9.13 Å². The molecule has 4 heteroatoms. The predicted molar refractivity (Wildman–Crippen MR) is 211 cm³/mol. The third kappa shape index (κ3) is 6.36. The number of fused-ring (bicyclic) bond motifs is 6. The Morgan fingerprint density at radius 1 is 0.592 bits per heavy atom. The van der Waals surface area contributed by atoms with Crippen molar-refractivity contribution in [3.8, 4) is 11.5 Å². The molecule has 7 rings (SSSR count). The summed E-state index contributed by atoms with van der Waals surface area (Å²) in [6, 6.07) is 34.8. The molecule has 1 unspecified atom stereocenters. The fourth-order valence-corrected chi connectivity index (χ4v) is 7.19. The number of methoxy groups -OCH3 is 1. The van der Waals surface area contributed by atoms with Crippen LogP contribution < -0.4 is 9.47 Å². The molecule has 0 aliphatic rings. The van der Waals surface area contributed by atoms with Crippen molar-refractivity contribution in [1.29, 1.82) is 0 Å². The van der Waals surface area contributed by atoms with Gasteiger partial charge in [0.05, 0.1) is 13.7 Å². The van der Waals surface area contributed by atoms with Crippen molar-refractivity contribution < 1.29 is 9.47 Å². The SMILES string of the molecule is CCCCC(CC)COc1cc(/C=C/c2ccc3c4ccccc4n(C)c3c2)c(OC)cc1/C=C/c1ccc2c3ccccc3n(C)c2c1. The highest BCUT2D eigenvalue weighted by molar-refractivity contribution is 6.09. The van der Waals surface area contributed by atoms with Crippen LogP contribution in [0.2, 0.25) is 0 Å². The first kappa shape index (κ1) is 32.3. The van der Waals surface area contributed by atoms with Crippen LogP contribution in [0.1, 0.15) is 61.8 Å². The molecule has 0 amide bonds. The van der Waals surface area contributed by atoms with E-state index in [0.29, 0.717) is 12.5 Å². The average molecular weight is 647 g/mol. The van der Waals surface area contributed by atoms with Crippen LogP contribution in [0.5, 0.6) is 11.5 Å². The lowest BCUT2D eigenvalue weighted by Gasteiger charge is -2.18. The van der Waals surface area contributed by atoms with Gasteiger partial charge < -0.3 is 18.6 Å². The number of aromatic nitrogens is 2. The van der Waals surface area contributed by atoms with E-state index in [9.17, 15) is 0 Å². The van der Waals surface area contributed by atoms with Crippen LogP contribution in [0.3, 0.4) is 0 Å². The summed E-state index contributed by atoms with van der Waals surface area (Å²) in [5.74, 6) is 2.22. The number of hydrogen-bond donors (Lipinski definition) is 0. The Bertz CT molecular complexity index is 2330. The van der Waals surface area contributed by atoms with Crippen LogP contribution in [-0.2, 0) is 14.1 Å². The van der Waals surface area contributed by atoms with E-state index in [-0.39, 0.29) is 0 Å². The van der Waals surface area contributed by atoms with Crippen molar-refractivity contribution in [2.45, 2.75) is 39.5 Å². The lowest BCUT2D eigenvalue weighted by atomic mass is 10.0. The third-order valence-corrected chi connectivity index (χ3v) is 10.2. The number of nitrogens with zero attached hydrogens (tertiary/aromatic N) is 2. The molecule has 0 fully saturated rings. The molecular weight excluding hydrogens is 601 g/mol. The van der Waals surface area contributed by atoms with E-state index >= 15 is 0 Å². The molecule has 49 heavy (non-hydrogen) atoms. The van der Waals surface area contributed by atoms with Crippen molar-refractivity contribution in [2.75, 3.05) is 13.7 Å². The molecule has 0 radical (unpaired) electrons. The Morgan fingerprint density at radius 2 is 1.10 bits per heavy atom. The van der Waals surface area contributed by atoms with E-state index in [2.05, 4.69) is 158 Å². The fourth-order valence-electron chi connectivity index (χ4n) is 7.19. The second-order valence-electron chi connectivity index (χ2n) is 13.2. The Kier molecular flexibility index (Phi) is 9.30. The quantitative estimate of drug-likeness (QED) is 0.124. The van der Waals surface area contributed by atoms with Crippen LogP contribution in [0.25, 0.3) is 67.9 Å². The van der Waals surface area contributed by atoms with Crippen molar-refractivity contribution >= 4 is 67.9 Å². The second kappa shape index (κ2) is 14.1. The monoisotopic (exact) mass is 646 g/mol. The summed E-state index contributed by atoms with van der Waals surface area (Å²) in [5, 5.41) is 5.11. The van der Waals surface area contributed by atoms with Gasteiger partial charge in [-0.1, -0.05) is 118 Å². The third-order valence-electron chi connectivity index (χ3n) is 10.2. The van der Waals surface area contributed by atoms with Gasteiger partial charge in [-0.15, -0.1) is 0 Å². The summed E-state index contributed by atoms with van der Waals surface area (Å²) in [5.41, 5.74) is 9.21. The Hall–Kier alpha value is -5.22. The zero-order chi connectivity index (χ0) is 33.9. The predicted octanol–water partition coefficient (Wildman–Crippen LogP) is 11.9. The van der Waals surface area contributed by atoms with Crippen LogP contribution in [0.4, 0.5) is 0 Å².